The molecule has 1 aliphatic rings. The predicted octanol–water partition coefficient (Wildman–Crippen LogP) is 7.54. The lowest BCUT2D eigenvalue weighted by molar-refractivity contribution is 0.183. The third kappa shape index (κ3) is 5.44. The van der Waals surface area contributed by atoms with Crippen LogP contribution in [0.15, 0.2) is 82.6 Å². The van der Waals surface area contributed by atoms with Crippen molar-refractivity contribution in [2.45, 2.75) is 29.1 Å². The Morgan fingerprint density at radius 3 is 2.27 bits per heavy atom. The number of para-hydroxylation sites is 2. The highest BCUT2D eigenvalue weighted by Gasteiger charge is 2.19. The number of piperidine rings is 1. The summed E-state index contributed by atoms with van der Waals surface area (Å²) in [6, 6.07) is 24.7. The first kappa shape index (κ1) is 24.2. The van der Waals surface area contributed by atoms with Gasteiger partial charge in [-0.05, 0) is 92.2 Å². The Kier molecular flexibility index (Phi) is 7.26. The van der Waals surface area contributed by atoms with Crippen molar-refractivity contribution < 1.29 is 9.47 Å². The molecule has 37 heavy (non-hydrogen) atoms. The Hall–Kier alpha value is -3.13. The number of thiophene rings is 1. The molecule has 0 bridgehead atoms. The summed E-state index contributed by atoms with van der Waals surface area (Å²) in [6.07, 6.45) is 3.97. The zero-order valence-corrected chi connectivity index (χ0v) is 22.5. The molecule has 1 fully saturated rings. The van der Waals surface area contributed by atoms with Gasteiger partial charge >= 0.3 is 0 Å². The molecule has 1 aliphatic heterocycles. The topological polar surface area (TPSA) is 47.5 Å². The number of benzene rings is 3. The minimum Gasteiger partial charge on any atom is -0.497 e. The van der Waals surface area contributed by atoms with Crippen LogP contribution in [0.25, 0.3) is 31.8 Å². The van der Waals surface area contributed by atoms with E-state index in [4.69, 9.17) is 19.4 Å². The minimum atomic E-state index is 0.728. The van der Waals surface area contributed by atoms with Crippen LogP contribution in [0.3, 0.4) is 0 Å². The van der Waals surface area contributed by atoms with Crippen LogP contribution in [0, 0.1) is 0 Å². The van der Waals surface area contributed by atoms with Gasteiger partial charge in [-0.3, -0.25) is 4.90 Å². The smallest absolute Gasteiger partial charge is 0.144 e. The predicted molar refractivity (Wildman–Crippen MR) is 153 cm³/mol. The number of methoxy groups -OCH3 is 1. The third-order valence-corrected chi connectivity index (χ3v) is 9.04. The van der Waals surface area contributed by atoms with E-state index in [1.807, 2.05) is 36.4 Å². The summed E-state index contributed by atoms with van der Waals surface area (Å²) in [5.41, 5.74) is 3.91. The lowest BCUT2D eigenvalue weighted by Crippen LogP contribution is -2.33. The molecule has 5 nitrogen and oxygen atoms in total. The van der Waals surface area contributed by atoms with Gasteiger partial charge in [0.05, 0.1) is 27.9 Å². The van der Waals surface area contributed by atoms with E-state index in [1.165, 1.54) is 37.2 Å². The Morgan fingerprint density at radius 2 is 1.54 bits per heavy atom. The second-order valence-electron chi connectivity index (χ2n) is 9.18. The number of hydrogen-bond acceptors (Lipinski definition) is 7. The maximum absolute atomic E-state index is 6.05. The van der Waals surface area contributed by atoms with Gasteiger partial charge in [0.2, 0.25) is 0 Å². The van der Waals surface area contributed by atoms with Gasteiger partial charge in [-0.2, -0.15) is 0 Å². The van der Waals surface area contributed by atoms with E-state index in [0.29, 0.717) is 0 Å². The van der Waals surface area contributed by atoms with E-state index < -0.39 is 0 Å². The van der Waals surface area contributed by atoms with Crippen molar-refractivity contribution in [1.82, 2.24) is 14.9 Å². The molecule has 0 aliphatic carbocycles. The van der Waals surface area contributed by atoms with E-state index in [9.17, 15) is 0 Å². The van der Waals surface area contributed by atoms with Crippen molar-refractivity contribution >= 4 is 44.5 Å². The first-order valence-electron chi connectivity index (χ1n) is 12.7. The molecule has 7 heteroatoms. The summed E-state index contributed by atoms with van der Waals surface area (Å²) in [4.78, 5) is 16.9. The molecule has 188 valence electrons. The Labute approximate surface area is 225 Å². The van der Waals surface area contributed by atoms with Crippen LogP contribution >= 0.6 is 23.1 Å². The molecule has 5 aromatic rings. The van der Waals surface area contributed by atoms with Gasteiger partial charge in [0.25, 0.3) is 0 Å². The van der Waals surface area contributed by atoms with Crippen molar-refractivity contribution in [2.24, 2.45) is 0 Å². The number of likely N-dealkylation sites (tertiary alicyclic amines) is 1. The minimum absolute atomic E-state index is 0.728. The highest BCUT2D eigenvalue weighted by Crippen LogP contribution is 2.46. The van der Waals surface area contributed by atoms with Crippen LogP contribution in [0.2, 0.25) is 0 Å². The van der Waals surface area contributed by atoms with E-state index in [0.717, 1.165) is 61.4 Å². The Bertz CT molecular complexity index is 1490. The molecular weight excluding hydrogens is 498 g/mol. The Balaban J connectivity index is 1.27. The van der Waals surface area contributed by atoms with Crippen molar-refractivity contribution in [3.05, 3.63) is 72.8 Å². The van der Waals surface area contributed by atoms with Gasteiger partial charge in [0.1, 0.15) is 28.5 Å². The fourth-order valence-corrected chi connectivity index (χ4v) is 6.97. The molecule has 0 spiro atoms. The number of ether oxygens (including phenoxy) is 2. The summed E-state index contributed by atoms with van der Waals surface area (Å²) in [7, 11) is 1.69. The zero-order chi connectivity index (χ0) is 25.0. The SMILES string of the molecule is COc1ccc(-c2sc3nc4ccccc4nc3c2Sc2ccc(OCCN3CCCCC3)cc2)cc1. The number of aromatic nitrogens is 2. The van der Waals surface area contributed by atoms with Crippen molar-refractivity contribution in [3.8, 4) is 21.9 Å². The van der Waals surface area contributed by atoms with Crippen molar-refractivity contribution in [3.63, 3.8) is 0 Å². The summed E-state index contributed by atoms with van der Waals surface area (Å²) in [6.45, 7) is 4.12. The lowest BCUT2D eigenvalue weighted by atomic mass is 10.1. The highest BCUT2D eigenvalue weighted by molar-refractivity contribution is 8.00. The molecule has 1 saturated heterocycles. The maximum atomic E-state index is 6.05. The van der Waals surface area contributed by atoms with Gasteiger partial charge in [-0.15, -0.1) is 11.3 Å². The van der Waals surface area contributed by atoms with E-state index in [-0.39, 0.29) is 0 Å². The molecule has 0 atom stereocenters. The van der Waals surface area contributed by atoms with Crippen LogP contribution in [-0.2, 0) is 0 Å². The van der Waals surface area contributed by atoms with Gasteiger partial charge < -0.3 is 9.47 Å². The van der Waals surface area contributed by atoms with E-state index >= 15 is 0 Å². The number of rotatable bonds is 8. The summed E-state index contributed by atoms with van der Waals surface area (Å²) < 4.78 is 11.4. The fraction of sp³-hybridized carbons (Fsp3) is 0.267. The molecule has 0 radical (unpaired) electrons. The van der Waals surface area contributed by atoms with Crippen LogP contribution in [0.1, 0.15) is 19.3 Å². The first-order valence-corrected chi connectivity index (χ1v) is 14.4. The molecule has 0 N–H and O–H groups in total. The largest absolute Gasteiger partial charge is 0.497 e. The fourth-order valence-electron chi connectivity index (χ4n) is 4.68. The highest BCUT2D eigenvalue weighted by atomic mass is 32.2. The lowest BCUT2D eigenvalue weighted by Gasteiger charge is -2.26. The molecular formula is C30H29N3O2S2. The zero-order valence-electron chi connectivity index (χ0n) is 20.9. The monoisotopic (exact) mass is 527 g/mol. The van der Waals surface area contributed by atoms with Crippen LogP contribution in [0.4, 0.5) is 0 Å². The average molecular weight is 528 g/mol. The van der Waals surface area contributed by atoms with E-state index in [2.05, 4.69) is 41.3 Å². The molecule has 3 aromatic carbocycles. The Morgan fingerprint density at radius 1 is 0.838 bits per heavy atom. The maximum Gasteiger partial charge on any atom is 0.144 e. The standard InChI is InChI=1S/C30H29N3O2S2/c1-34-22-11-9-21(10-12-22)28-29(27-30(37-28)32-26-8-4-3-7-25(26)31-27)36-24-15-13-23(14-16-24)35-20-19-33-17-5-2-6-18-33/h3-4,7-16H,2,5-6,17-20H2,1H3. The second-order valence-corrected chi connectivity index (χ2v) is 11.3. The second kappa shape index (κ2) is 11.1. The van der Waals surface area contributed by atoms with Crippen LogP contribution < -0.4 is 9.47 Å². The van der Waals surface area contributed by atoms with Crippen molar-refractivity contribution in [2.75, 3.05) is 33.4 Å². The number of nitrogens with zero attached hydrogens (tertiary/aromatic N) is 3. The third-order valence-electron chi connectivity index (χ3n) is 6.68. The number of fused-ring (bicyclic) bond motifs is 2. The molecule has 2 aromatic heterocycles. The van der Waals surface area contributed by atoms with Gasteiger partial charge in [0, 0.05) is 11.4 Å². The summed E-state index contributed by atoms with van der Waals surface area (Å²) >= 11 is 3.42. The van der Waals surface area contributed by atoms with Crippen molar-refractivity contribution in [1.29, 1.82) is 0 Å². The first-order chi connectivity index (χ1) is 18.3. The van der Waals surface area contributed by atoms with Gasteiger partial charge in [-0.1, -0.05) is 30.3 Å². The normalized spacial score (nSPS) is 14.3. The van der Waals surface area contributed by atoms with Crippen LogP contribution in [0.5, 0.6) is 11.5 Å². The average Bonchev–Trinajstić information content (AvgIpc) is 3.30. The van der Waals surface area contributed by atoms with Gasteiger partial charge in [0.15, 0.2) is 0 Å². The summed E-state index contributed by atoms with van der Waals surface area (Å²) in [5, 5.41) is 0. The quantitative estimate of drug-likeness (QED) is 0.208. The summed E-state index contributed by atoms with van der Waals surface area (Å²) in [5.74, 6) is 1.76. The number of hydrogen-bond donors (Lipinski definition) is 0. The molecule has 0 saturated carbocycles. The van der Waals surface area contributed by atoms with Crippen LogP contribution in [-0.4, -0.2) is 48.2 Å². The molecule has 3 heterocycles. The molecule has 0 unspecified atom stereocenters. The van der Waals surface area contributed by atoms with Gasteiger partial charge in [-0.25, -0.2) is 9.97 Å². The molecule has 6 rings (SSSR count). The molecule has 0 amide bonds. The van der Waals surface area contributed by atoms with E-state index in [1.54, 1.807) is 30.2 Å².